The zero-order chi connectivity index (χ0) is 14.5. The predicted octanol–water partition coefficient (Wildman–Crippen LogP) is 2.36. The van der Waals surface area contributed by atoms with Crippen molar-refractivity contribution in [2.24, 2.45) is 5.92 Å². The lowest BCUT2D eigenvalue weighted by Gasteiger charge is -2.32. The molecule has 2 rings (SSSR count). The van der Waals surface area contributed by atoms with Crippen LogP contribution in [-0.4, -0.2) is 39.2 Å². The Bertz CT molecular complexity index is 400. The van der Waals surface area contributed by atoms with Crippen LogP contribution < -0.4 is 0 Å². The Morgan fingerprint density at radius 3 is 2.65 bits per heavy atom. The molecule has 1 aromatic rings. The Morgan fingerprint density at radius 1 is 1.35 bits per heavy atom. The van der Waals surface area contributed by atoms with Gasteiger partial charge in [-0.1, -0.05) is 19.3 Å². The lowest BCUT2D eigenvalue weighted by atomic mass is 9.82. The molecule has 2 unspecified atom stereocenters. The number of aromatic nitrogens is 3. The van der Waals surface area contributed by atoms with Crippen LogP contribution in [0.25, 0.3) is 0 Å². The van der Waals surface area contributed by atoms with Crippen molar-refractivity contribution in [3.63, 3.8) is 0 Å². The van der Waals surface area contributed by atoms with Crippen molar-refractivity contribution >= 4 is 0 Å². The van der Waals surface area contributed by atoms with E-state index in [1.807, 2.05) is 4.68 Å². The van der Waals surface area contributed by atoms with Crippen LogP contribution in [0.5, 0.6) is 0 Å². The molecular weight excluding hydrogens is 254 g/mol. The maximum atomic E-state index is 10.5. The highest BCUT2D eigenvalue weighted by Gasteiger charge is 2.30. The Kier molecular flexibility index (Phi) is 5.54. The summed E-state index contributed by atoms with van der Waals surface area (Å²) in [5.74, 6) is 1.31. The number of methoxy groups -OCH3 is 1. The van der Waals surface area contributed by atoms with E-state index in [0.717, 1.165) is 18.7 Å². The second-order valence-corrected chi connectivity index (χ2v) is 6.08. The summed E-state index contributed by atoms with van der Waals surface area (Å²) in [6.45, 7) is 4.14. The van der Waals surface area contributed by atoms with Gasteiger partial charge in [-0.3, -0.25) is 0 Å². The standard InChI is InChI=1S/C15H27N3O2/c1-11(2)18-14(16-10-17-18)9-13(19)15(20-3)12-7-5-4-6-8-12/h10-13,15,19H,4-9H2,1-3H3. The molecule has 5 heteroatoms. The molecule has 0 radical (unpaired) electrons. The van der Waals surface area contributed by atoms with Crippen LogP contribution >= 0.6 is 0 Å². The molecule has 2 atom stereocenters. The van der Waals surface area contributed by atoms with E-state index >= 15 is 0 Å². The van der Waals surface area contributed by atoms with Crippen LogP contribution in [0, 0.1) is 5.92 Å². The van der Waals surface area contributed by atoms with Gasteiger partial charge in [0.25, 0.3) is 0 Å². The first kappa shape index (κ1) is 15.4. The topological polar surface area (TPSA) is 60.2 Å². The van der Waals surface area contributed by atoms with Crippen LogP contribution in [0.3, 0.4) is 0 Å². The second-order valence-electron chi connectivity index (χ2n) is 6.08. The second kappa shape index (κ2) is 7.18. The fraction of sp³-hybridized carbons (Fsp3) is 0.867. The molecule has 1 saturated carbocycles. The Hall–Kier alpha value is -0.940. The van der Waals surface area contributed by atoms with E-state index in [9.17, 15) is 5.11 Å². The minimum absolute atomic E-state index is 0.0902. The maximum Gasteiger partial charge on any atom is 0.138 e. The minimum Gasteiger partial charge on any atom is -0.390 e. The zero-order valence-corrected chi connectivity index (χ0v) is 12.8. The van der Waals surface area contributed by atoms with Gasteiger partial charge in [-0.2, -0.15) is 5.10 Å². The van der Waals surface area contributed by atoms with E-state index in [4.69, 9.17) is 4.74 Å². The van der Waals surface area contributed by atoms with Gasteiger partial charge in [0.05, 0.1) is 12.2 Å². The molecule has 1 aliphatic rings. The summed E-state index contributed by atoms with van der Waals surface area (Å²) in [7, 11) is 1.70. The van der Waals surface area contributed by atoms with E-state index in [0.29, 0.717) is 12.3 Å². The van der Waals surface area contributed by atoms with Crippen LogP contribution in [0.1, 0.15) is 57.8 Å². The average molecular weight is 281 g/mol. The predicted molar refractivity (Wildman–Crippen MR) is 77.5 cm³/mol. The van der Waals surface area contributed by atoms with E-state index in [1.165, 1.54) is 19.3 Å². The van der Waals surface area contributed by atoms with Crippen LogP contribution in [-0.2, 0) is 11.2 Å². The summed E-state index contributed by atoms with van der Waals surface area (Å²) in [5, 5.41) is 14.8. The SMILES string of the molecule is COC(C(O)Cc1ncnn1C(C)C)C1CCCCC1. The molecule has 0 saturated heterocycles. The Balaban J connectivity index is 2.01. The highest BCUT2D eigenvalue weighted by molar-refractivity contribution is 4.93. The molecule has 1 fully saturated rings. The largest absolute Gasteiger partial charge is 0.390 e. The molecule has 0 aliphatic heterocycles. The number of aliphatic hydroxyl groups excluding tert-OH is 1. The van der Waals surface area contributed by atoms with Gasteiger partial charge in [-0.25, -0.2) is 9.67 Å². The Morgan fingerprint density at radius 2 is 2.05 bits per heavy atom. The van der Waals surface area contributed by atoms with Crippen molar-refractivity contribution < 1.29 is 9.84 Å². The van der Waals surface area contributed by atoms with E-state index in [-0.39, 0.29) is 12.1 Å². The lowest BCUT2D eigenvalue weighted by Crippen LogP contribution is -2.38. The smallest absolute Gasteiger partial charge is 0.138 e. The summed E-state index contributed by atoms with van der Waals surface area (Å²) < 4.78 is 7.47. The quantitative estimate of drug-likeness (QED) is 0.869. The van der Waals surface area contributed by atoms with Crippen LogP contribution in [0.15, 0.2) is 6.33 Å². The van der Waals surface area contributed by atoms with Crippen molar-refractivity contribution in [3.8, 4) is 0 Å². The molecule has 1 aliphatic carbocycles. The number of ether oxygens (including phenoxy) is 1. The molecular formula is C15H27N3O2. The molecule has 1 aromatic heterocycles. The lowest BCUT2D eigenvalue weighted by molar-refractivity contribution is -0.0546. The Labute approximate surface area is 121 Å². The third kappa shape index (κ3) is 3.58. The molecule has 5 nitrogen and oxygen atoms in total. The summed E-state index contributed by atoms with van der Waals surface area (Å²) in [6, 6.07) is 0.260. The van der Waals surface area contributed by atoms with Gasteiger partial charge in [0, 0.05) is 19.6 Å². The summed E-state index contributed by atoms with van der Waals surface area (Å²) in [4.78, 5) is 4.28. The van der Waals surface area contributed by atoms with Crippen LogP contribution in [0.2, 0.25) is 0 Å². The summed E-state index contributed by atoms with van der Waals surface area (Å²) >= 11 is 0. The average Bonchev–Trinajstić information content (AvgIpc) is 2.89. The van der Waals surface area contributed by atoms with Gasteiger partial charge in [0.15, 0.2) is 0 Å². The van der Waals surface area contributed by atoms with Gasteiger partial charge in [0.1, 0.15) is 12.2 Å². The van der Waals surface area contributed by atoms with E-state index < -0.39 is 6.10 Å². The number of hydrogen-bond donors (Lipinski definition) is 1. The molecule has 0 amide bonds. The molecule has 0 bridgehead atoms. The van der Waals surface area contributed by atoms with Gasteiger partial charge < -0.3 is 9.84 Å². The van der Waals surface area contributed by atoms with Crippen molar-refractivity contribution in [2.45, 2.75) is 70.6 Å². The first-order valence-corrected chi connectivity index (χ1v) is 7.72. The third-order valence-electron chi connectivity index (χ3n) is 4.29. The maximum absolute atomic E-state index is 10.5. The molecule has 1 heterocycles. The van der Waals surface area contributed by atoms with Crippen molar-refractivity contribution in [3.05, 3.63) is 12.2 Å². The fourth-order valence-electron chi connectivity index (χ4n) is 3.28. The highest BCUT2D eigenvalue weighted by atomic mass is 16.5. The highest BCUT2D eigenvalue weighted by Crippen LogP contribution is 2.30. The monoisotopic (exact) mass is 281 g/mol. The normalized spacial score (nSPS) is 20.2. The molecule has 114 valence electrons. The first-order chi connectivity index (χ1) is 9.63. The van der Waals surface area contributed by atoms with Crippen molar-refractivity contribution in [1.82, 2.24) is 14.8 Å². The summed E-state index contributed by atoms with van der Waals surface area (Å²) in [6.07, 6.45) is 7.59. The number of nitrogens with zero attached hydrogens (tertiary/aromatic N) is 3. The zero-order valence-electron chi connectivity index (χ0n) is 12.8. The minimum atomic E-state index is -0.509. The van der Waals surface area contributed by atoms with Gasteiger partial charge in [0.2, 0.25) is 0 Å². The molecule has 0 spiro atoms. The molecule has 20 heavy (non-hydrogen) atoms. The van der Waals surface area contributed by atoms with Crippen molar-refractivity contribution in [1.29, 1.82) is 0 Å². The number of hydrogen-bond acceptors (Lipinski definition) is 4. The number of aliphatic hydroxyl groups is 1. The van der Waals surface area contributed by atoms with E-state index in [2.05, 4.69) is 23.9 Å². The first-order valence-electron chi connectivity index (χ1n) is 7.72. The van der Waals surface area contributed by atoms with Gasteiger partial charge in [-0.15, -0.1) is 0 Å². The van der Waals surface area contributed by atoms with Gasteiger partial charge >= 0.3 is 0 Å². The molecule has 1 N–H and O–H groups in total. The van der Waals surface area contributed by atoms with E-state index in [1.54, 1.807) is 13.4 Å². The number of rotatable bonds is 6. The third-order valence-corrected chi connectivity index (χ3v) is 4.29. The summed E-state index contributed by atoms with van der Waals surface area (Å²) in [5.41, 5.74) is 0. The molecule has 0 aromatic carbocycles. The van der Waals surface area contributed by atoms with Crippen LogP contribution in [0.4, 0.5) is 0 Å². The fourth-order valence-corrected chi connectivity index (χ4v) is 3.28. The van der Waals surface area contributed by atoms with Crippen molar-refractivity contribution in [2.75, 3.05) is 7.11 Å². The van der Waals surface area contributed by atoms with Gasteiger partial charge in [-0.05, 0) is 32.6 Å².